The fourth-order valence-corrected chi connectivity index (χ4v) is 6.92. The number of aromatic nitrogens is 2. The Balaban J connectivity index is 1.13. The summed E-state index contributed by atoms with van der Waals surface area (Å²) in [5.74, 6) is 0. The van der Waals surface area contributed by atoms with Crippen LogP contribution in [0.3, 0.4) is 0 Å². The van der Waals surface area contributed by atoms with Crippen molar-refractivity contribution < 1.29 is 0 Å². The summed E-state index contributed by atoms with van der Waals surface area (Å²) < 4.78 is 2.36. The molecule has 2 heterocycles. The van der Waals surface area contributed by atoms with Crippen molar-refractivity contribution in [3.05, 3.63) is 194 Å². The SMILES string of the molecule is c1ccc(-c2ccc(-c3cc(-c4ccc(-n5c6ccccc6c6ccccc65)cc4)cc(-c4ccc(-c5ccccc5)cc4)n3)cc2)cc1. The van der Waals surface area contributed by atoms with E-state index >= 15 is 0 Å². The van der Waals surface area contributed by atoms with Crippen LogP contribution in [0.2, 0.25) is 0 Å². The second kappa shape index (κ2) is 12.3. The maximum Gasteiger partial charge on any atom is 0.0715 e. The van der Waals surface area contributed by atoms with Gasteiger partial charge in [-0.05, 0) is 69.8 Å². The maximum absolute atomic E-state index is 5.23. The first-order valence-corrected chi connectivity index (χ1v) is 16.7. The van der Waals surface area contributed by atoms with Gasteiger partial charge in [-0.15, -0.1) is 0 Å². The van der Waals surface area contributed by atoms with Crippen LogP contribution in [0.4, 0.5) is 0 Å². The van der Waals surface area contributed by atoms with E-state index in [1.54, 1.807) is 0 Å². The molecular formula is C47H32N2. The van der Waals surface area contributed by atoms with Gasteiger partial charge in [0.15, 0.2) is 0 Å². The molecule has 0 atom stereocenters. The lowest BCUT2D eigenvalue weighted by molar-refractivity contribution is 1.18. The predicted molar refractivity (Wildman–Crippen MR) is 206 cm³/mol. The van der Waals surface area contributed by atoms with Crippen molar-refractivity contribution in [1.29, 1.82) is 0 Å². The molecule has 0 amide bonds. The van der Waals surface area contributed by atoms with Crippen LogP contribution in [0, 0.1) is 0 Å². The fourth-order valence-electron chi connectivity index (χ4n) is 6.92. The molecule has 0 N–H and O–H groups in total. The van der Waals surface area contributed by atoms with Gasteiger partial charge >= 0.3 is 0 Å². The smallest absolute Gasteiger partial charge is 0.0715 e. The lowest BCUT2D eigenvalue weighted by Crippen LogP contribution is -1.94. The number of hydrogen-bond acceptors (Lipinski definition) is 1. The van der Waals surface area contributed by atoms with Crippen LogP contribution >= 0.6 is 0 Å². The quantitative estimate of drug-likeness (QED) is 0.180. The first-order valence-electron chi connectivity index (χ1n) is 16.7. The molecule has 0 aliphatic rings. The van der Waals surface area contributed by atoms with Gasteiger partial charge in [-0.2, -0.15) is 0 Å². The molecule has 0 saturated carbocycles. The molecule has 0 saturated heterocycles. The van der Waals surface area contributed by atoms with Gasteiger partial charge in [0.1, 0.15) is 0 Å². The Kier molecular flexibility index (Phi) is 7.18. The van der Waals surface area contributed by atoms with E-state index in [2.05, 4.69) is 199 Å². The zero-order valence-corrected chi connectivity index (χ0v) is 26.9. The lowest BCUT2D eigenvalue weighted by Gasteiger charge is -2.13. The lowest BCUT2D eigenvalue weighted by atomic mass is 9.97. The second-order valence-corrected chi connectivity index (χ2v) is 12.4. The Morgan fingerprint density at radius 1 is 0.286 bits per heavy atom. The standard InChI is InChI=1S/C47H32N2/c1-3-11-33(12-4-1)35-19-23-38(24-20-35)44-31-40(32-45(48-44)39-25-21-36(22-26-39)34-13-5-2-6-14-34)37-27-29-41(30-28-37)49-46-17-9-7-15-42(46)43-16-8-10-18-47(43)49/h1-32H. The molecule has 0 radical (unpaired) electrons. The van der Waals surface area contributed by atoms with Crippen LogP contribution in [-0.4, -0.2) is 9.55 Å². The van der Waals surface area contributed by atoms with Gasteiger partial charge in [-0.1, -0.05) is 158 Å². The van der Waals surface area contributed by atoms with E-state index in [4.69, 9.17) is 4.98 Å². The summed E-state index contributed by atoms with van der Waals surface area (Å²) >= 11 is 0. The minimum Gasteiger partial charge on any atom is -0.309 e. The van der Waals surface area contributed by atoms with Crippen molar-refractivity contribution >= 4 is 21.8 Å². The van der Waals surface area contributed by atoms with Crippen molar-refractivity contribution in [2.45, 2.75) is 0 Å². The number of rotatable bonds is 6. The third-order valence-corrected chi connectivity index (χ3v) is 9.44. The highest BCUT2D eigenvalue weighted by Gasteiger charge is 2.13. The van der Waals surface area contributed by atoms with Gasteiger partial charge in [0.05, 0.1) is 22.4 Å². The summed E-state index contributed by atoms with van der Waals surface area (Å²) in [5, 5.41) is 2.53. The Hall–Kier alpha value is -6.51. The van der Waals surface area contributed by atoms with Crippen molar-refractivity contribution in [3.63, 3.8) is 0 Å². The molecule has 2 nitrogen and oxygen atoms in total. The van der Waals surface area contributed by atoms with Gasteiger partial charge in [0.25, 0.3) is 0 Å². The average Bonchev–Trinajstić information content (AvgIpc) is 3.53. The topological polar surface area (TPSA) is 17.8 Å². The molecule has 9 rings (SSSR count). The number of pyridine rings is 1. The fraction of sp³-hybridized carbons (Fsp3) is 0. The molecule has 230 valence electrons. The molecule has 0 spiro atoms. The Morgan fingerprint density at radius 2 is 0.633 bits per heavy atom. The first kappa shape index (κ1) is 28.7. The Bertz CT molecular complexity index is 2390. The largest absolute Gasteiger partial charge is 0.309 e. The molecule has 49 heavy (non-hydrogen) atoms. The highest BCUT2D eigenvalue weighted by atomic mass is 15.0. The molecule has 2 heteroatoms. The predicted octanol–water partition coefficient (Wildman–Crippen LogP) is 12.5. The zero-order valence-electron chi connectivity index (χ0n) is 26.9. The molecular weight excluding hydrogens is 593 g/mol. The number of fused-ring (bicyclic) bond motifs is 3. The number of nitrogens with zero attached hydrogens (tertiary/aromatic N) is 2. The maximum atomic E-state index is 5.23. The van der Waals surface area contributed by atoms with E-state index in [0.717, 1.165) is 39.3 Å². The van der Waals surface area contributed by atoms with E-state index in [-0.39, 0.29) is 0 Å². The molecule has 0 aliphatic carbocycles. The molecule has 0 aliphatic heterocycles. The molecule has 0 unspecified atom stereocenters. The molecule has 0 fully saturated rings. The molecule has 7 aromatic carbocycles. The van der Waals surface area contributed by atoms with Gasteiger partial charge in [-0.3, -0.25) is 0 Å². The van der Waals surface area contributed by atoms with Crippen LogP contribution in [0.25, 0.3) is 83.4 Å². The van der Waals surface area contributed by atoms with Crippen LogP contribution in [0.1, 0.15) is 0 Å². The van der Waals surface area contributed by atoms with Crippen LogP contribution in [0.5, 0.6) is 0 Å². The third kappa shape index (κ3) is 5.40. The van der Waals surface area contributed by atoms with Crippen molar-refractivity contribution in [3.8, 4) is 61.6 Å². The minimum atomic E-state index is 0.950. The normalized spacial score (nSPS) is 11.3. The highest BCUT2D eigenvalue weighted by molar-refractivity contribution is 6.09. The molecule has 2 aromatic heterocycles. The second-order valence-electron chi connectivity index (χ2n) is 12.4. The number of hydrogen-bond donors (Lipinski definition) is 0. The Labute approximate surface area is 286 Å². The van der Waals surface area contributed by atoms with E-state index in [9.17, 15) is 0 Å². The first-order chi connectivity index (χ1) is 24.3. The van der Waals surface area contributed by atoms with Crippen LogP contribution in [0.15, 0.2) is 194 Å². The number of para-hydroxylation sites is 2. The van der Waals surface area contributed by atoms with Gasteiger partial charge in [0, 0.05) is 27.6 Å². The summed E-state index contributed by atoms with van der Waals surface area (Å²) in [6, 6.07) is 69.2. The minimum absolute atomic E-state index is 0.950. The van der Waals surface area contributed by atoms with E-state index < -0.39 is 0 Å². The van der Waals surface area contributed by atoms with Crippen molar-refractivity contribution in [1.82, 2.24) is 9.55 Å². The summed E-state index contributed by atoms with van der Waals surface area (Å²) in [5.41, 5.74) is 14.7. The van der Waals surface area contributed by atoms with E-state index in [1.165, 1.54) is 44.1 Å². The van der Waals surface area contributed by atoms with Gasteiger partial charge in [-0.25, -0.2) is 4.98 Å². The molecule has 9 aromatic rings. The monoisotopic (exact) mass is 624 g/mol. The van der Waals surface area contributed by atoms with Crippen molar-refractivity contribution in [2.24, 2.45) is 0 Å². The van der Waals surface area contributed by atoms with Crippen LogP contribution < -0.4 is 0 Å². The highest BCUT2D eigenvalue weighted by Crippen LogP contribution is 2.35. The summed E-state index contributed by atoms with van der Waals surface area (Å²) in [4.78, 5) is 5.23. The summed E-state index contributed by atoms with van der Waals surface area (Å²) in [6.45, 7) is 0. The van der Waals surface area contributed by atoms with E-state index in [0.29, 0.717) is 0 Å². The number of benzene rings is 7. The Morgan fingerprint density at radius 3 is 1.10 bits per heavy atom. The van der Waals surface area contributed by atoms with Crippen LogP contribution in [-0.2, 0) is 0 Å². The summed E-state index contributed by atoms with van der Waals surface area (Å²) in [7, 11) is 0. The summed E-state index contributed by atoms with van der Waals surface area (Å²) in [6.07, 6.45) is 0. The molecule has 0 bridgehead atoms. The van der Waals surface area contributed by atoms with Gasteiger partial charge in [0.2, 0.25) is 0 Å². The van der Waals surface area contributed by atoms with Crippen molar-refractivity contribution in [2.75, 3.05) is 0 Å². The van der Waals surface area contributed by atoms with Gasteiger partial charge < -0.3 is 4.57 Å². The zero-order chi connectivity index (χ0) is 32.6. The van der Waals surface area contributed by atoms with E-state index in [1.807, 2.05) is 0 Å². The average molecular weight is 625 g/mol. The third-order valence-electron chi connectivity index (χ3n) is 9.44.